The average molecular weight is 482 g/mol. The van der Waals surface area contributed by atoms with Crippen LogP contribution < -0.4 is 14.5 Å². The van der Waals surface area contributed by atoms with Gasteiger partial charge in [-0.1, -0.05) is 11.6 Å². The van der Waals surface area contributed by atoms with Gasteiger partial charge >= 0.3 is 0 Å². The Labute approximate surface area is 189 Å². The van der Waals surface area contributed by atoms with Gasteiger partial charge in [-0.3, -0.25) is 13.9 Å². The number of halogens is 2. The first-order valence-electron chi connectivity index (χ1n) is 9.87. The molecule has 0 unspecified atom stereocenters. The van der Waals surface area contributed by atoms with Crippen LogP contribution in [0.3, 0.4) is 0 Å². The van der Waals surface area contributed by atoms with E-state index in [0.717, 1.165) is 17.9 Å². The van der Waals surface area contributed by atoms with Crippen molar-refractivity contribution < 1.29 is 27.5 Å². The van der Waals surface area contributed by atoms with Gasteiger partial charge in [-0.15, -0.1) is 0 Å². The van der Waals surface area contributed by atoms with Crippen molar-refractivity contribution >= 4 is 44.8 Å². The molecule has 2 aromatic rings. The highest BCUT2D eigenvalue weighted by molar-refractivity contribution is 7.92. The van der Waals surface area contributed by atoms with E-state index in [1.807, 2.05) is 0 Å². The molecule has 2 N–H and O–H groups in total. The molecule has 0 aliphatic carbocycles. The van der Waals surface area contributed by atoms with Crippen LogP contribution in [-0.4, -0.2) is 50.3 Å². The monoisotopic (exact) mass is 481 g/mol. The summed E-state index contributed by atoms with van der Waals surface area (Å²) < 4.78 is 38.6. The molecule has 1 atom stereocenters. The molecule has 1 fully saturated rings. The molecule has 2 aliphatic rings. The summed E-state index contributed by atoms with van der Waals surface area (Å²) in [5.74, 6) is -2.21. The molecule has 4 rings (SSSR count). The molecule has 170 valence electrons. The van der Waals surface area contributed by atoms with Gasteiger partial charge in [-0.05, 0) is 53.9 Å². The second-order valence-corrected chi connectivity index (χ2v) is 10.3. The summed E-state index contributed by atoms with van der Waals surface area (Å²) in [6.07, 6.45) is 1.52. The first-order valence-corrected chi connectivity index (χ1v) is 12.1. The number of hydrogen-bond donors (Lipinski definition) is 2. The van der Waals surface area contributed by atoms with Crippen molar-refractivity contribution in [2.75, 3.05) is 28.6 Å². The predicted molar refractivity (Wildman–Crippen MR) is 118 cm³/mol. The molecule has 0 spiro atoms. The smallest absolute Gasteiger partial charge is 0.268 e. The maximum Gasteiger partial charge on any atom is 0.268 e. The molecule has 11 heteroatoms. The summed E-state index contributed by atoms with van der Waals surface area (Å²) in [6.45, 7) is 0.331. The van der Waals surface area contributed by atoms with Crippen LogP contribution in [0.1, 0.15) is 17.5 Å². The van der Waals surface area contributed by atoms with Crippen LogP contribution in [0.2, 0.25) is 5.02 Å². The van der Waals surface area contributed by atoms with Crippen LogP contribution >= 0.6 is 11.6 Å². The van der Waals surface area contributed by atoms with Crippen LogP contribution in [0.4, 0.5) is 15.8 Å². The Morgan fingerprint density at radius 2 is 2.00 bits per heavy atom. The Morgan fingerprint density at radius 1 is 1.25 bits per heavy atom. The summed E-state index contributed by atoms with van der Waals surface area (Å²) in [5, 5.41) is 13.4. The van der Waals surface area contributed by atoms with Gasteiger partial charge in [0.1, 0.15) is 5.82 Å². The van der Waals surface area contributed by atoms with Gasteiger partial charge in [-0.25, -0.2) is 12.8 Å². The fraction of sp³-hybridized carbons (Fsp3) is 0.333. The lowest BCUT2D eigenvalue weighted by molar-refractivity contribution is -0.149. The van der Waals surface area contributed by atoms with E-state index in [4.69, 9.17) is 11.6 Å². The zero-order valence-corrected chi connectivity index (χ0v) is 18.7. The van der Waals surface area contributed by atoms with Gasteiger partial charge in [0.2, 0.25) is 15.6 Å². The zero-order valence-electron chi connectivity index (χ0n) is 17.1. The maximum atomic E-state index is 13.5. The zero-order chi connectivity index (χ0) is 23.3. The quantitative estimate of drug-likeness (QED) is 0.631. The Kier molecular flexibility index (Phi) is 5.64. The predicted octanol–water partition coefficient (Wildman–Crippen LogP) is 1.59. The van der Waals surface area contributed by atoms with Crippen molar-refractivity contribution in [2.24, 2.45) is 0 Å². The van der Waals surface area contributed by atoms with Crippen molar-refractivity contribution in [2.45, 2.75) is 25.0 Å². The number of sulfonamides is 1. The second-order valence-electron chi connectivity index (χ2n) is 7.93. The number of carbonyl (C=O) groups is 2. The molecular weight excluding hydrogens is 461 g/mol. The van der Waals surface area contributed by atoms with Crippen molar-refractivity contribution in [1.29, 1.82) is 0 Å². The standard InChI is InChI=1S/C21H21ClFN3O5S/c1-32(30,31)26-6-4-14-10-17(2-3-18(14)26)25-7-5-21(29,20(25)28)19(27)24-12-13-8-15(22)11-16(23)9-13/h2-3,8-11,29H,4-7,12H2,1H3,(H,24,27)/t21-/m1/s1. The fourth-order valence-corrected chi connectivity index (χ4v) is 5.28. The van der Waals surface area contributed by atoms with E-state index in [1.165, 1.54) is 21.3 Å². The number of nitrogens with zero attached hydrogens (tertiary/aromatic N) is 2. The SMILES string of the molecule is CS(=O)(=O)N1CCc2cc(N3CC[C@@](O)(C(=O)NCc4cc(F)cc(Cl)c4)C3=O)ccc21. The molecule has 2 heterocycles. The van der Waals surface area contributed by atoms with Gasteiger partial charge in [0.25, 0.3) is 11.8 Å². The van der Waals surface area contributed by atoms with Crippen molar-refractivity contribution in [3.63, 3.8) is 0 Å². The minimum atomic E-state index is -3.40. The van der Waals surface area contributed by atoms with E-state index in [1.54, 1.807) is 18.2 Å². The number of aliphatic hydroxyl groups is 1. The lowest BCUT2D eigenvalue weighted by Crippen LogP contribution is -2.52. The van der Waals surface area contributed by atoms with Crippen LogP contribution in [0.25, 0.3) is 0 Å². The van der Waals surface area contributed by atoms with Gasteiger partial charge < -0.3 is 15.3 Å². The first-order chi connectivity index (χ1) is 15.0. The minimum absolute atomic E-state index is 0.105. The molecule has 0 bridgehead atoms. The lowest BCUT2D eigenvalue weighted by atomic mass is 10.0. The lowest BCUT2D eigenvalue weighted by Gasteiger charge is -2.22. The summed E-state index contributed by atoms with van der Waals surface area (Å²) in [7, 11) is -3.40. The highest BCUT2D eigenvalue weighted by atomic mass is 35.5. The van der Waals surface area contributed by atoms with Crippen LogP contribution in [0, 0.1) is 5.82 Å². The molecule has 2 amide bonds. The number of rotatable bonds is 5. The topological polar surface area (TPSA) is 107 Å². The Bertz CT molecular complexity index is 1200. The number of fused-ring (bicyclic) bond motifs is 1. The summed E-state index contributed by atoms with van der Waals surface area (Å²) >= 11 is 5.80. The van der Waals surface area contributed by atoms with Gasteiger partial charge in [0.15, 0.2) is 0 Å². The second kappa shape index (κ2) is 8.02. The van der Waals surface area contributed by atoms with Crippen LogP contribution in [-0.2, 0) is 32.6 Å². The van der Waals surface area contributed by atoms with E-state index >= 15 is 0 Å². The summed E-state index contributed by atoms with van der Waals surface area (Å²) in [5.41, 5.74) is -0.0594. The number of carbonyl (C=O) groups excluding carboxylic acids is 2. The average Bonchev–Trinajstić information content (AvgIpc) is 3.27. The van der Waals surface area contributed by atoms with E-state index in [-0.39, 0.29) is 24.5 Å². The van der Waals surface area contributed by atoms with Crippen molar-refractivity contribution in [1.82, 2.24) is 5.32 Å². The van der Waals surface area contributed by atoms with E-state index in [0.29, 0.717) is 29.9 Å². The normalized spacial score (nSPS) is 20.6. The summed E-state index contributed by atoms with van der Waals surface area (Å²) in [6, 6.07) is 8.72. The third-order valence-corrected chi connectivity index (χ3v) is 7.07. The number of benzene rings is 2. The third kappa shape index (κ3) is 4.05. The Balaban J connectivity index is 1.49. The Morgan fingerprint density at radius 3 is 2.69 bits per heavy atom. The number of anilines is 2. The molecule has 2 aromatic carbocycles. The molecular formula is C21H21ClFN3O5S. The van der Waals surface area contributed by atoms with Crippen LogP contribution in [0.5, 0.6) is 0 Å². The van der Waals surface area contributed by atoms with E-state index in [2.05, 4.69) is 5.32 Å². The van der Waals surface area contributed by atoms with Gasteiger partial charge in [0.05, 0.1) is 11.9 Å². The highest BCUT2D eigenvalue weighted by Crippen LogP contribution is 2.36. The first kappa shape index (κ1) is 22.5. The third-order valence-electron chi connectivity index (χ3n) is 5.68. The van der Waals surface area contributed by atoms with Crippen molar-refractivity contribution in [3.8, 4) is 0 Å². The largest absolute Gasteiger partial charge is 0.372 e. The molecule has 32 heavy (non-hydrogen) atoms. The fourth-order valence-electron chi connectivity index (χ4n) is 4.07. The molecule has 0 saturated carbocycles. The van der Waals surface area contributed by atoms with Crippen molar-refractivity contribution in [3.05, 3.63) is 58.4 Å². The van der Waals surface area contributed by atoms with E-state index in [9.17, 15) is 27.5 Å². The van der Waals surface area contributed by atoms with Crippen LogP contribution in [0.15, 0.2) is 36.4 Å². The van der Waals surface area contributed by atoms with E-state index < -0.39 is 33.3 Å². The maximum absolute atomic E-state index is 13.5. The number of hydrogen-bond acceptors (Lipinski definition) is 5. The highest BCUT2D eigenvalue weighted by Gasteiger charge is 2.51. The number of nitrogens with one attached hydrogen (secondary N) is 1. The Hall–Kier alpha value is -2.69. The van der Waals surface area contributed by atoms with Gasteiger partial charge in [0, 0.05) is 36.8 Å². The minimum Gasteiger partial charge on any atom is -0.372 e. The molecule has 1 saturated heterocycles. The summed E-state index contributed by atoms with van der Waals surface area (Å²) in [4.78, 5) is 26.9. The van der Waals surface area contributed by atoms with Gasteiger partial charge in [-0.2, -0.15) is 0 Å². The number of amides is 2. The molecule has 2 aliphatic heterocycles. The molecule has 0 aromatic heterocycles. The molecule has 8 nitrogen and oxygen atoms in total. The molecule has 0 radical (unpaired) electrons.